The van der Waals surface area contributed by atoms with E-state index in [-0.39, 0.29) is 34.2 Å². The number of rotatable bonds is 7. The molecular weight excluding hydrogens is 659 g/mol. The molecule has 1 saturated heterocycles. The highest BCUT2D eigenvalue weighted by Crippen LogP contribution is 2.28. The van der Waals surface area contributed by atoms with Crippen molar-refractivity contribution in [2.45, 2.75) is 158 Å². The monoisotopic (exact) mass is 729 g/mol. The van der Waals surface area contributed by atoms with Gasteiger partial charge in [0.2, 0.25) is 0 Å². The first-order valence-corrected chi connectivity index (χ1v) is 20.0. The Bertz CT molecular complexity index is 1060. The van der Waals surface area contributed by atoms with Gasteiger partial charge in [-0.05, 0) is 78.2 Å². The highest BCUT2D eigenvalue weighted by atomic mass is 32.2. The number of hydrogen-bond acceptors (Lipinski definition) is 9. The number of aliphatic carboxylic acids is 1. The third kappa shape index (κ3) is 27.6. The van der Waals surface area contributed by atoms with E-state index in [4.69, 9.17) is 14.6 Å². The molecule has 0 saturated carbocycles. The van der Waals surface area contributed by atoms with Crippen molar-refractivity contribution in [2.24, 2.45) is 23.7 Å². The number of ether oxygens (including phenoxy) is 2. The Morgan fingerprint density at radius 1 is 1.06 bits per heavy atom. The fourth-order valence-electron chi connectivity index (χ4n) is 5.02. The summed E-state index contributed by atoms with van der Waals surface area (Å²) in [7, 11) is 0. The summed E-state index contributed by atoms with van der Waals surface area (Å²) in [5, 5.41) is 21.9. The third-order valence-electron chi connectivity index (χ3n) is 7.94. The lowest BCUT2D eigenvalue weighted by molar-refractivity contribution is -0.147. The lowest BCUT2D eigenvalue weighted by atomic mass is 9.83. The van der Waals surface area contributed by atoms with Crippen molar-refractivity contribution in [3.8, 4) is 0 Å². The Hall–Kier alpha value is -1.75. The van der Waals surface area contributed by atoms with Crippen LogP contribution in [0.15, 0.2) is 11.5 Å². The number of ketones is 1. The number of aromatic nitrogens is 1. The number of Topliss-reactive ketones (excluding diaryl/α,β-unsaturated/α-hetero) is 1. The summed E-state index contributed by atoms with van der Waals surface area (Å²) >= 11 is 3.14. The summed E-state index contributed by atoms with van der Waals surface area (Å²) in [5.41, 5.74) is 0.952. The van der Waals surface area contributed by atoms with E-state index in [1.54, 1.807) is 18.3 Å². The fraction of sp³-hybridized carbons (Fsp3) is 0.795. The minimum absolute atomic E-state index is 0.0381. The van der Waals surface area contributed by atoms with Crippen LogP contribution in [0.2, 0.25) is 0 Å². The number of carbonyl (C=O) groups is 3. The fourth-order valence-corrected chi connectivity index (χ4v) is 6.34. The second kappa shape index (κ2) is 27.0. The van der Waals surface area contributed by atoms with Gasteiger partial charge in [0.1, 0.15) is 5.78 Å². The Morgan fingerprint density at radius 3 is 2.18 bits per heavy atom. The van der Waals surface area contributed by atoms with E-state index in [0.29, 0.717) is 25.0 Å². The van der Waals surface area contributed by atoms with Gasteiger partial charge in [0, 0.05) is 28.6 Å². The minimum Gasteiger partial charge on any atom is -0.481 e. The first kappa shape index (κ1) is 49.4. The number of carboxylic acid groups (broad SMARTS) is 1. The molecule has 286 valence electrons. The number of esters is 1. The predicted molar refractivity (Wildman–Crippen MR) is 208 cm³/mol. The van der Waals surface area contributed by atoms with Crippen LogP contribution < -0.4 is 0 Å². The summed E-state index contributed by atoms with van der Waals surface area (Å²) in [5.74, 6) is -0.390. The largest absolute Gasteiger partial charge is 0.481 e. The summed E-state index contributed by atoms with van der Waals surface area (Å²) in [4.78, 5) is 38.9. The maximum Gasteiger partial charge on any atom is 0.313 e. The number of cyclic esters (lactones) is 1. The molecule has 0 radical (unpaired) electrons. The van der Waals surface area contributed by atoms with E-state index in [1.165, 1.54) is 24.6 Å². The highest BCUT2D eigenvalue weighted by molar-refractivity contribution is 8.01. The van der Waals surface area contributed by atoms with Crippen molar-refractivity contribution >= 4 is 46.9 Å². The number of aliphatic hydroxyl groups is 1. The molecule has 0 amide bonds. The van der Waals surface area contributed by atoms with Crippen LogP contribution in [0.4, 0.5) is 0 Å². The van der Waals surface area contributed by atoms with Crippen molar-refractivity contribution in [3.63, 3.8) is 0 Å². The number of thioether (sulfide) groups is 1. The number of thiazole rings is 1. The lowest BCUT2D eigenvalue weighted by Crippen LogP contribution is -2.32. The molecule has 1 aromatic heterocycles. The zero-order valence-corrected chi connectivity index (χ0v) is 34.7. The second-order valence-electron chi connectivity index (χ2n) is 14.5. The van der Waals surface area contributed by atoms with E-state index in [1.807, 2.05) is 81.4 Å². The maximum absolute atomic E-state index is 12.4. The van der Waals surface area contributed by atoms with E-state index in [0.717, 1.165) is 42.8 Å². The molecular formula is C39H71NO7S2. The average molecular weight is 730 g/mol. The van der Waals surface area contributed by atoms with Crippen LogP contribution >= 0.6 is 23.1 Å². The van der Waals surface area contributed by atoms with Gasteiger partial charge in [-0.15, -0.1) is 23.1 Å². The molecule has 1 aromatic rings. The molecule has 0 spiro atoms. The average Bonchev–Trinajstić information content (AvgIpc) is 3.42. The molecule has 0 aromatic carbocycles. The quantitative estimate of drug-likeness (QED) is 0.264. The van der Waals surface area contributed by atoms with E-state index in [2.05, 4.69) is 24.2 Å². The van der Waals surface area contributed by atoms with E-state index in [9.17, 15) is 19.5 Å². The molecule has 1 fully saturated rings. The van der Waals surface area contributed by atoms with Gasteiger partial charge in [-0.2, -0.15) is 0 Å². The molecule has 0 bridgehead atoms. The van der Waals surface area contributed by atoms with Crippen molar-refractivity contribution in [1.82, 2.24) is 4.98 Å². The second-order valence-corrected chi connectivity index (χ2v) is 17.3. The number of carbonyl (C=O) groups excluding carboxylic acids is 2. The maximum atomic E-state index is 12.4. The summed E-state index contributed by atoms with van der Waals surface area (Å²) in [6, 6.07) is 0. The normalized spacial score (nSPS) is 23.2. The van der Waals surface area contributed by atoms with Gasteiger partial charge in [0.05, 0.1) is 41.2 Å². The molecule has 10 heteroatoms. The smallest absolute Gasteiger partial charge is 0.313 e. The van der Waals surface area contributed by atoms with Crippen molar-refractivity contribution in [3.05, 3.63) is 22.2 Å². The molecule has 1 aliphatic rings. The molecule has 2 heterocycles. The molecule has 2 N–H and O–H groups in total. The molecule has 8 nitrogen and oxygen atoms in total. The summed E-state index contributed by atoms with van der Waals surface area (Å²) in [6.07, 6.45) is 10.1. The number of allylic oxidation sites excluding steroid dienone is 1. The van der Waals surface area contributed by atoms with Crippen molar-refractivity contribution in [1.29, 1.82) is 0 Å². The van der Waals surface area contributed by atoms with Crippen molar-refractivity contribution < 1.29 is 34.1 Å². The van der Waals surface area contributed by atoms with Crippen LogP contribution in [-0.2, 0) is 23.9 Å². The number of hydrogen-bond donors (Lipinski definition) is 2. The summed E-state index contributed by atoms with van der Waals surface area (Å²) < 4.78 is 10.8. The van der Waals surface area contributed by atoms with Gasteiger partial charge in [0.25, 0.3) is 0 Å². The van der Waals surface area contributed by atoms with Gasteiger partial charge in [-0.25, -0.2) is 4.98 Å². The number of nitrogens with zero attached hydrogens (tertiary/aromatic N) is 1. The third-order valence-corrected chi connectivity index (χ3v) is 10.1. The molecule has 49 heavy (non-hydrogen) atoms. The molecule has 5 atom stereocenters. The topological polar surface area (TPSA) is 123 Å². The van der Waals surface area contributed by atoms with Crippen LogP contribution in [0.1, 0.15) is 145 Å². The van der Waals surface area contributed by atoms with Gasteiger partial charge >= 0.3 is 11.9 Å². The zero-order chi connectivity index (χ0) is 38.2. The summed E-state index contributed by atoms with van der Waals surface area (Å²) in [6.45, 7) is 27.3. The van der Waals surface area contributed by atoms with Crippen LogP contribution in [0.25, 0.3) is 6.08 Å². The highest BCUT2D eigenvalue weighted by Gasteiger charge is 2.29. The zero-order valence-electron chi connectivity index (χ0n) is 33.1. The Morgan fingerprint density at radius 2 is 1.65 bits per heavy atom. The number of carboxylic acids is 1. The van der Waals surface area contributed by atoms with Crippen LogP contribution in [0.5, 0.6) is 0 Å². The van der Waals surface area contributed by atoms with Crippen LogP contribution in [0, 0.1) is 30.6 Å². The van der Waals surface area contributed by atoms with Crippen LogP contribution in [-0.4, -0.2) is 68.3 Å². The standard InChI is InChI=1S/C19H34O4.C11H22O3S.C7H9NS.C2H6/c1-13-7-5-8-14(2)11-15(3)19(22)16(4)17(20)12-18(21)23-10-6-9-13;1-10(2,3)14-7-6-11(4,5)15-8-9(12)13;1-3-4-7-5-9-6(2)8-7;1-2/h13-17,20H,5-12H2,1-4H3;6-8H2,1-5H3,(H,12,13);3-5H,1-2H3;1-2H3/b;;4-3-;. The van der Waals surface area contributed by atoms with Crippen molar-refractivity contribution in [2.75, 3.05) is 19.0 Å². The number of aliphatic hydroxyl groups excluding tert-OH is 1. The SMILES string of the molecule is C/C=C\c1csc(C)n1.CC.CC(C)(C)OCCC(C)(C)SCC(=O)O.CC1CCCOC(=O)CC(O)C(C)C(=O)C(C)CC(C)CCC1. The first-order chi connectivity index (χ1) is 22.8. The lowest BCUT2D eigenvalue weighted by Gasteiger charge is -2.26. The minimum atomic E-state index is -0.945. The van der Waals surface area contributed by atoms with E-state index < -0.39 is 24.0 Å². The van der Waals surface area contributed by atoms with Gasteiger partial charge in [-0.3, -0.25) is 14.4 Å². The molecule has 5 unspecified atom stereocenters. The first-order valence-electron chi connectivity index (χ1n) is 18.2. The van der Waals surface area contributed by atoms with Gasteiger partial charge < -0.3 is 19.7 Å². The van der Waals surface area contributed by atoms with Gasteiger partial charge in [0.15, 0.2) is 0 Å². The molecule has 0 aliphatic carbocycles. The number of aryl methyl sites for hydroxylation is 1. The molecule has 1 aliphatic heterocycles. The van der Waals surface area contributed by atoms with Gasteiger partial charge in [-0.1, -0.05) is 80.7 Å². The Kier molecular flexibility index (Phi) is 27.2. The van der Waals surface area contributed by atoms with E-state index >= 15 is 0 Å². The van der Waals surface area contributed by atoms with Crippen LogP contribution in [0.3, 0.4) is 0 Å². The Balaban J connectivity index is 0. The molecule has 2 rings (SSSR count). The Labute approximate surface area is 307 Å². The predicted octanol–water partition coefficient (Wildman–Crippen LogP) is 10.0.